The summed E-state index contributed by atoms with van der Waals surface area (Å²) in [5, 5.41) is 2.79. The van der Waals surface area contributed by atoms with E-state index in [0.717, 1.165) is 10.6 Å². The minimum Gasteiger partial charge on any atom is -0.325 e. The number of para-hydroxylation sites is 1. The van der Waals surface area contributed by atoms with Crippen LogP contribution in [0.3, 0.4) is 0 Å². The Balaban J connectivity index is 1.94. The van der Waals surface area contributed by atoms with Crippen molar-refractivity contribution < 1.29 is 4.79 Å². The van der Waals surface area contributed by atoms with Crippen LogP contribution in [0.25, 0.3) is 0 Å². The summed E-state index contributed by atoms with van der Waals surface area (Å²) in [6, 6.07) is 17.7. The van der Waals surface area contributed by atoms with Gasteiger partial charge in [-0.05, 0) is 38.1 Å². The quantitative estimate of drug-likeness (QED) is 0.848. The topological polar surface area (TPSA) is 29.1 Å². The third kappa shape index (κ3) is 4.14. The molecule has 1 unspecified atom stereocenters. The molecule has 1 amide bonds. The van der Waals surface area contributed by atoms with E-state index < -0.39 is 0 Å². The van der Waals surface area contributed by atoms with Crippen molar-refractivity contribution in [1.82, 2.24) is 0 Å². The van der Waals surface area contributed by atoms with E-state index in [1.807, 2.05) is 49.4 Å². The van der Waals surface area contributed by atoms with Gasteiger partial charge in [0.25, 0.3) is 0 Å². The van der Waals surface area contributed by atoms with E-state index in [1.54, 1.807) is 11.8 Å². The first-order chi connectivity index (χ1) is 9.15. The maximum absolute atomic E-state index is 12.1. The Kier molecular flexibility index (Phi) is 4.63. The Hall–Kier alpha value is -1.74. The number of hydrogen-bond acceptors (Lipinski definition) is 2. The molecule has 98 valence electrons. The zero-order valence-electron chi connectivity index (χ0n) is 11.1. The van der Waals surface area contributed by atoms with Gasteiger partial charge in [-0.3, -0.25) is 4.79 Å². The third-order valence-corrected chi connectivity index (χ3v) is 3.86. The van der Waals surface area contributed by atoms with Crippen molar-refractivity contribution >= 4 is 23.4 Å². The van der Waals surface area contributed by atoms with Crippen LogP contribution in [0, 0.1) is 6.92 Å². The zero-order valence-corrected chi connectivity index (χ0v) is 11.9. The Bertz CT molecular complexity index is 536. The third-order valence-electron chi connectivity index (χ3n) is 2.74. The average Bonchev–Trinajstić information content (AvgIpc) is 2.42. The molecule has 19 heavy (non-hydrogen) atoms. The molecule has 2 aromatic rings. The molecule has 2 rings (SSSR count). The van der Waals surface area contributed by atoms with Gasteiger partial charge in [0.1, 0.15) is 0 Å². The van der Waals surface area contributed by atoms with Crippen LogP contribution in [0.5, 0.6) is 0 Å². The van der Waals surface area contributed by atoms with Crippen LogP contribution < -0.4 is 5.32 Å². The smallest absolute Gasteiger partial charge is 0.237 e. The highest BCUT2D eigenvalue weighted by atomic mass is 32.2. The van der Waals surface area contributed by atoms with Gasteiger partial charge in [0.15, 0.2) is 0 Å². The monoisotopic (exact) mass is 271 g/mol. The van der Waals surface area contributed by atoms with Gasteiger partial charge >= 0.3 is 0 Å². The summed E-state index contributed by atoms with van der Waals surface area (Å²) >= 11 is 1.57. The Morgan fingerprint density at radius 1 is 1.05 bits per heavy atom. The van der Waals surface area contributed by atoms with E-state index in [1.165, 1.54) is 5.56 Å². The summed E-state index contributed by atoms with van der Waals surface area (Å²) in [5.41, 5.74) is 2.06. The number of anilines is 1. The molecule has 0 bridgehead atoms. The van der Waals surface area contributed by atoms with E-state index in [-0.39, 0.29) is 11.2 Å². The van der Waals surface area contributed by atoms with Gasteiger partial charge in [-0.1, -0.05) is 35.9 Å². The number of rotatable bonds is 4. The molecule has 0 saturated carbocycles. The average molecular weight is 271 g/mol. The summed E-state index contributed by atoms with van der Waals surface area (Å²) in [7, 11) is 0. The first kappa shape index (κ1) is 13.7. The molecule has 0 aliphatic carbocycles. The number of hydrogen-bond donors (Lipinski definition) is 1. The highest BCUT2D eigenvalue weighted by Crippen LogP contribution is 2.24. The van der Waals surface area contributed by atoms with Gasteiger partial charge in [-0.25, -0.2) is 0 Å². The van der Waals surface area contributed by atoms with Crippen molar-refractivity contribution in [2.24, 2.45) is 0 Å². The number of thioether (sulfide) groups is 1. The second kappa shape index (κ2) is 6.43. The van der Waals surface area contributed by atoms with E-state index in [2.05, 4.69) is 24.4 Å². The second-order valence-electron chi connectivity index (χ2n) is 4.43. The molecule has 0 aliphatic rings. The number of amides is 1. The molecule has 0 saturated heterocycles. The van der Waals surface area contributed by atoms with Crippen molar-refractivity contribution in [3.8, 4) is 0 Å². The Morgan fingerprint density at radius 2 is 1.68 bits per heavy atom. The van der Waals surface area contributed by atoms with Crippen LogP contribution in [0.4, 0.5) is 5.69 Å². The Labute approximate surface area is 118 Å². The lowest BCUT2D eigenvalue weighted by atomic mass is 10.2. The fraction of sp³-hybridized carbons (Fsp3) is 0.188. The maximum Gasteiger partial charge on any atom is 0.237 e. The molecule has 0 aromatic heterocycles. The molecule has 0 fully saturated rings. The van der Waals surface area contributed by atoms with Gasteiger partial charge in [-0.15, -0.1) is 11.8 Å². The molecule has 0 radical (unpaired) electrons. The van der Waals surface area contributed by atoms with Gasteiger partial charge < -0.3 is 5.32 Å². The number of benzene rings is 2. The molecule has 0 aliphatic heterocycles. The zero-order chi connectivity index (χ0) is 13.7. The van der Waals surface area contributed by atoms with Crippen LogP contribution in [0.2, 0.25) is 0 Å². The summed E-state index contributed by atoms with van der Waals surface area (Å²) in [6.07, 6.45) is 0. The number of carbonyl (C=O) groups excluding carboxylic acids is 1. The normalized spacial score (nSPS) is 11.9. The van der Waals surface area contributed by atoms with Crippen LogP contribution in [0.1, 0.15) is 12.5 Å². The van der Waals surface area contributed by atoms with Gasteiger partial charge in [0.05, 0.1) is 5.25 Å². The highest BCUT2D eigenvalue weighted by molar-refractivity contribution is 8.00. The molecule has 1 N–H and O–H groups in total. The van der Waals surface area contributed by atoms with Crippen molar-refractivity contribution in [2.75, 3.05) is 5.32 Å². The summed E-state index contributed by atoms with van der Waals surface area (Å²) in [6.45, 7) is 3.97. The highest BCUT2D eigenvalue weighted by Gasteiger charge is 2.14. The molecule has 0 spiro atoms. The molecular weight excluding hydrogens is 254 g/mol. The van der Waals surface area contributed by atoms with Gasteiger partial charge in [0.2, 0.25) is 5.91 Å². The molecule has 1 atom stereocenters. The number of aryl methyl sites for hydroxylation is 1. The van der Waals surface area contributed by atoms with Crippen LogP contribution in [0.15, 0.2) is 59.5 Å². The fourth-order valence-electron chi connectivity index (χ4n) is 1.64. The van der Waals surface area contributed by atoms with Crippen LogP contribution >= 0.6 is 11.8 Å². The van der Waals surface area contributed by atoms with Gasteiger partial charge in [-0.2, -0.15) is 0 Å². The molecular formula is C16H17NOS. The standard InChI is InChI=1S/C16H17NOS/c1-12-8-10-15(11-9-12)19-13(2)16(18)17-14-6-4-3-5-7-14/h3-11,13H,1-2H3,(H,17,18). The molecule has 0 heterocycles. The lowest BCUT2D eigenvalue weighted by Crippen LogP contribution is -2.22. The van der Waals surface area contributed by atoms with E-state index in [4.69, 9.17) is 0 Å². The van der Waals surface area contributed by atoms with E-state index >= 15 is 0 Å². The lowest BCUT2D eigenvalue weighted by Gasteiger charge is -2.12. The first-order valence-corrected chi connectivity index (χ1v) is 7.12. The summed E-state index contributed by atoms with van der Waals surface area (Å²) in [4.78, 5) is 13.2. The van der Waals surface area contributed by atoms with Gasteiger partial charge in [0, 0.05) is 10.6 Å². The number of carbonyl (C=O) groups is 1. The van der Waals surface area contributed by atoms with Crippen LogP contribution in [-0.2, 0) is 4.79 Å². The second-order valence-corrected chi connectivity index (χ2v) is 5.84. The number of nitrogens with one attached hydrogen (secondary N) is 1. The molecule has 3 heteroatoms. The van der Waals surface area contributed by atoms with E-state index in [9.17, 15) is 4.79 Å². The van der Waals surface area contributed by atoms with E-state index in [0.29, 0.717) is 0 Å². The SMILES string of the molecule is Cc1ccc(SC(C)C(=O)Nc2ccccc2)cc1. The van der Waals surface area contributed by atoms with Crippen molar-refractivity contribution in [2.45, 2.75) is 24.0 Å². The largest absolute Gasteiger partial charge is 0.325 e. The minimum atomic E-state index is -0.122. The molecule has 2 nitrogen and oxygen atoms in total. The minimum absolute atomic E-state index is 0.0248. The predicted octanol–water partition coefficient (Wildman–Crippen LogP) is 4.11. The first-order valence-electron chi connectivity index (χ1n) is 6.24. The lowest BCUT2D eigenvalue weighted by molar-refractivity contribution is -0.115. The fourth-order valence-corrected chi connectivity index (χ4v) is 2.51. The predicted molar refractivity (Wildman–Crippen MR) is 81.6 cm³/mol. The van der Waals surface area contributed by atoms with Crippen molar-refractivity contribution in [3.05, 3.63) is 60.2 Å². The summed E-state index contributed by atoms with van der Waals surface area (Å²) in [5.74, 6) is 0.0248. The van der Waals surface area contributed by atoms with Crippen molar-refractivity contribution in [3.63, 3.8) is 0 Å². The van der Waals surface area contributed by atoms with Crippen molar-refractivity contribution in [1.29, 1.82) is 0 Å². The Morgan fingerprint density at radius 3 is 2.32 bits per heavy atom. The summed E-state index contributed by atoms with van der Waals surface area (Å²) < 4.78 is 0. The maximum atomic E-state index is 12.1. The molecule has 2 aromatic carbocycles. The van der Waals surface area contributed by atoms with Crippen LogP contribution in [-0.4, -0.2) is 11.2 Å².